The summed E-state index contributed by atoms with van der Waals surface area (Å²) in [5.41, 5.74) is 11.6. The molecule has 0 bridgehead atoms. The van der Waals surface area contributed by atoms with Gasteiger partial charge in [-0.1, -0.05) is 35.9 Å². The van der Waals surface area contributed by atoms with Gasteiger partial charge in [0.1, 0.15) is 5.75 Å². The van der Waals surface area contributed by atoms with E-state index in [1.165, 1.54) is 5.56 Å². The molecular formula is C21H25N3O. The maximum atomic E-state index is 6.21. The van der Waals surface area contributed by atoms with Gasteiger partial charge in [-0.3, -0.25) is 0 Å². The van der Waals surface area contributed by atoms with Gasteiger partial charge in [-0.2, -0.15) is 5.10 Å². The Bertz CT molecular complexity index is 840. The fourth-order valence-electron chi connectivity index (χ4n) is 3.18. The third-order valence-corrected chi connectivity index (χ3v) is 4.29. The Morgan fingerprint density at radius 1 is 1.08 bits per heavy atom. The highest BCUT2D eigenvalue weighted by Gasteiger charge is 2.22. The van der Waals surface area contributed by atoms with E-state index in [9.17, 15) is 0 Å². The van der Waals surface area contributed by atoms with Gasteiger partial charge in [-0.15, -0.1) is 0 Å². The van der Waals surface area contributed by atoms with Crippen LogP contribution in [0.25, 0.3) is 5.69 Å². The number of nitrogens with zero attached hydrogens (tertiary/aromatic N) is 2. The van der Waals surface area contributed by atoms with Crippen molar-refractivity contribution in [2.75, 3.05) is 13.2 Å². The van der Waals surface area contributed by atoms with Crippen molar-refractivity contribution >= 4 is 0 Å². The summed E-state index contributed by atoms with van der Waals surface area (Å²) in [6, 6.07) is 18.6. The van der Waals surface area contributed by atoms with Crippen molar-refractivity contribution in [1.29, 1.82) is 0 Å². The van der Waals surface area contributed by atoms with Crippen molar-refractivity contribution in [3.8, 4) is 11.4 Å². The van der Waals surface area contributed by atoms with Crippen LogP contribution in [0.2, 0.25) is 0 Å². The number of ether oxygens (including phenoxy) is 1. The Morgan fingerprint density at radius 2 is 1.84 bits per heavy atom. The summed E-state index contributed by atoms with van der Waals surface area (Å²) in [6.07, 6.45) is 0. The first-order valence-electron chi connectivity index (χ1n) is 8.69. The minimum atomic E-state index is 0.0165. The predicted molar refractivity (Wildman–Crippen MR) is 102 cm³/mol. The van der Waals surface area contributed by atoms with Crippen LogP contribution in [0, 0.1) is 13.8 Å². The third kappa shape index (κ3) is 3.59. The fourth-order valence-corrected chi connectivity index (χ4v) is 3.18. The molecule has 4 nitrogen and oxygen atoms in total. The second kappa shape index (κ2) is 7.53. The van der Waals surface area contributed by atoms with Crippen LogP contribution in [-0.4, -0.2) is 22.9 Å². The summed E-state index contributed by atoms with van der Waals surface area (Å²) < 4.78 is 7.85. The number of nitrogens with two attached hydrogens (primary N) is 1. The Balaban J connectivity index is 2.13. The second-order valence-corrected chi connectivity index (χ2v) is 6.22. The van der Waals surface area contributed by atoms with Crippen LogP contribution in [0.15, 0.2) is 54.6 Å². The molecule has 0 saturated heterocycles. The monoisotopic (exact) mass is 335 g/mol. The topological polar surface area (TPSA) is 53.1 Å². The number of hydrogen-bond donors (Lipinski definition) is 1. The number of para-hydroxylation sites is 1. The molecule has 0 spiro atoms. The van der Waals surface area contributed by atoms with Crippen molar-refractivity contribution in [3.05, 3.63) is 77.1 Å². The van der Waals surface area contributed by atoms with Gasteiger partial charge in [-0.25, -0.2) is 4.68 Å². The van der Waals surface area contributed by atoms with E-state index in [-0.39, 0.29) is 5.92 Å². The van der Waals surface area contributed by atoms with E-state index >= 15 is 0 Å². The average Bonchev–Trinajstić information content (AvgIpc) is 3.00. The molecule has 130 valence electrons. The number of aryl methyl sites for hydroxylation is 2. The van der Waals surface area contributed by atoms with Gasteiger partial charge < -0.3 is 10.5 Å². The van der Waals surface area contributed by atoms with Gasteiger partial charge >= 0.3 is 0 Å². The zero-order chi connectivity index (χ0) is 17.8. The molecule has 1 atom stereocenters. The molecule has 0 saturated carbocycles. The average molecular weight is 335 g/mol. The van der Waals surface area contributed by atoms with Gasteiger partial charge in [0.15, 0.2) is 0 Å². The molecule has 1 heterocycles. The van der Waals surface area contributed by atoms with Crippen LogP contribution in [0.4, 0.5) is 0 Å². The first-order chi connectivity index (χ1) is 12.1. The quantitative estimate of drug-likeness (QED) is 0.741. The van der Waals surface area contributed by atoms with Crippen LogP contribution in [0.1, 0.15) is 35.4 Å². The van der Waals surface area contributed by atoms with Gasteiger partial charge in [-0.05, 0) is 45.0 Å². The van der Waals surface area contributed by atoms with Crippen molar-refractivity contribution in [3.63, 3.8) is 0 Å². The molecule has 3 aromatic rings. The molecule has 4 heteroatoms. The van der Waals surface area contributed by atoms with Crippen molar-refractivity contribution in [1.82, 2.24) is 9.78 Å². The van der Waals surface area contributed by atoms with Gasteiger partial charge in [0.2, 0.25) is 0 Å². The molecule has 25 heavy (non-hydrogen) atoms. The molecule has 3 rings (SSSR count). The molecule has 2 aromatic carbocycles. The molecule has 2 N–H and O–H groups in total. The Hall–Kier alpha value is -2.59. The SMILES string of the molecule is CCOc1ccc(C)cc1C(CN)c1cc(C)nn1-c1ccccc1. The fraction of sp³-hybridized carbons (Fsp3) is 0.286. The maximum Gasteiger partial charge on any atom is 0.123 e. The standard InChI is InChI=1S/C21H25N3O/c1-4-25-21-11-10-15(2)12-18(21)19(14-22)20-13-16(3)23-24(20)17-8-6-5-7-9-17/h5-13,19H,4,14,22H2,1-3H3. The predicted octanol–water partition coefficient (Wildman–Crippen LogP) is 3.98. The normalized spacial score (nSPS) is 12.2. The lowest BCUT2D eigenvalue weighted by molar-refractivity contribution is 0.335. The summed E-state index contributed by atoms with van der Waals surface area (Å²) in [7, 11) is 0. The molecule has 0 fully saturated rings. The van der Waals surface area contributed by atoms with Crippen molar-refractivity contribution in [2.24, 2.45) is 5.73 Å². The van der Waals surface area contributed by atoms with E-state index in [1.807, 2.05) is 42.8 Å². The number of benzene rings is 2. The van der Waals surface area contributed by atoms with Crippen LogP contribution in [-0.2, 0) is 0 Å². The second-order valence-electron chi connectivity index (χ2n) is 6.22. The number of hydrogen-bond acceptors (Lipinski definition) is 3. The Labute approximate surface area is 149 Å². The zero-order valence-electron chi connectivity index (χ0n) is 15.1. The molecular weight excluding hydrogens is 310 g/mol. The van der Waals surface area contributed by atoms with E-state index in [0.717, 1.165) is 28.4 Å². The zero-order valence-corrected chi connectivity index (χ0v) is 15.1. The first kappa shape index (κ1) is 17.2. The van der Waals surface area contributed by atoms with Crippen molar-refractivity contribution < 1.29 is 4.74 Å². The summed E-state index contributed by atoms with van der Waals surface area (Å²) in [6.45, 7) is 7.22. The highest BCUT2D eigenvalue weighted by molar-refractivity contribution is 5.45. The lowest BCUT2D eigenvalue weighted by atomic mass is 9.93. The van der Waals surface area contributed by atoms with Crippen LogP contribution in [0.3, 0.4) is 0 Å². The Morgan fingerprint density at radius 3 is 2.52 bits per heavy atom. The lowest BCUT2D eigenvalue weighted by Gasteiger charge is -2.21. The van der Waals surface area contributed by atoms with Gasteiger partial charge in [0, 0.05) is 18.0 Å². The van der Waals surface area contributed by atoms with Crippen LogP contribution >= 0.6 is 0 Å². The van der Waals surface area contributed by atoms with Crippen LogP contribution in [0.5, 0.6) is 5.75 Å². The third-order valence-electron chi connectivity index (χ3n) is 4.29. The van der Waals surface area contributed by atoms with E-state index in [4.69, 9.17) is 15.6 Å². The lowest BCUT2D eigenvalue weighted by Crippen LogP contribution is -2.18. The molecule has 1 unspecified atom stereocenters. The minimum Gasteiger partial charge on any atom is -0.494 e. The summed E-state index contributed by atoms with van der Waals surface area (Å²) >= 11 is 0. The summed E-state index contributed by atoms with van der Waals surface area (Å²) in [5.74, 6) is 0.907. The first-order valence-corrected chi connectivity index (χ1v) is 8.69. The molecule has 0 aliphatic carbocycles. The molecule has 0 radical (unpaired) electrons. The highest BCUT2D eigenvalue weighted by Crippen LogP contribution is 2.33. The number of rotatable bonds is 6. The molecule has 1 aromatic heterocycles. The largest absolute Gasteiger partial charge is 0.494 e. The van der Waals surface area contributed by atoms with E-state index in [0.29, 0.717) is 13.2 Å². The molecule has 0 aliphatic rings. The van der Waals surface area contributed by atoms with E-state index < -0.39 is 0 Å². The summed E-state index contributed by atoms with van der Waals surface area (Å²) in [5, 5.41) is 4.69. The van der Waals surface area contributed by atoms with E-state index in [2.05, 4.69) is 37.3 Å². The minimum absolute atomic E-state index is 0.0165. The molecule has 0 amide bonds. The van der Waals surface area contributed by atoms with Gasteiger partial charge in [0.05, 0.1) is 23.7 Å². The molecule has 0 aliphatic heterocycles. The highest BCUT2D eigenvalue weighted by atomic mass is 16.5. The maximum absolute atomic E-state index is 6.21. The smallest absolute Gasteiger partial charge is 0.123 e. The van der Waals surface area contributed by atoms with Crippen LogP contribution < -0.4 is 10.5 Å². The van der Waals surface area contributed by atoms with E-state index in [1.54, 1.807) is 0 Å². The number of aromatic nitrogens is 2. The van der Waals surface area contributed by atoms with Crippen molar-refractivity contribution in [2.45, 2.75) is 26.7 Å². The van der Waals surface area contributed by atoms with Gasteiger partial charge in [0.25, 0.3) is 0 Å². The summed E-state index contributed by atoms with van der Waals surface area (Å²) in [4.78, 5) is 0. The Kier molecular flexibility index (Phi) is 5.19.